The van der Waals surface area contributed by atoms with Crippen molar-refractivity contribution in [2.45, 2.75) is 32.7 Å². The first kappa shape index (κ1) is 15.9. The van der Waals surface area contributed by atoms with E-state index in [0.29, 0.717) is 13.0 Å². The van der Waals surface area contributed by atoms with Gasteiger partial charge in [-0.2, -0.15) is 0 Å². The monoisotopic (exact) mass is 279 g/mol. The third-order valence-corrected chi connectivity index (χ3v) is 3.15. The van der Waals surface area contributed by atoms with E-state index in [1.54, 1.807) is 12.4 Å². The smallest absolute Gasteiger partial charge is 0.315 e. The molecule has 1 aromatic rings. The molecular formula is C14H21N3O3. The van der Waals surface area contributed by atoms with Gasteiger partial charge in [-0.25, -0.2) is 4.79 Å². The van der Waals surface area contributed by atoms with Crippen LogP contribution in [-0.2, 0) is 4.79 Å². The van der Waals surface area contributed by atoms with Crippen molar-refractivity contribution in [3.05, 3.63) is 30.1 Å². The normalized spacial score (nSPS) is 13.3. The second-order valence-electron chi connectivity index (χ2n) is 4.73. The second-order valence-corrected chi connectivity index (χ2v) is 4.73. The number of hydrogen-bond donors (Lipinski definition) is 3. The summed E-state index contributed by atoms with van der Waals surface area (Å²) in [7, 11) is 0. The summed E-state index contributed by atoms with van der Waals surface area (Å²) < 4.78 is 0. The number of aromatic nitrogens is 1. The molecule has 1 heterocycles. The predicted molar refractivity (Wildman–Crippen MR) is 75.2 cm³/mol. The molecule has 2 unspecified atom stereocenters. The number of urea groups is 1. The fourth-order valence-corrected chi connectivity index (χ4v) is 1.83. The van der Waals surface area contributed by atoms with Crippen LogP contribution in [0, 0.1) is 5.92 Å². The van der Waals surface area contributed by atoms with Crippen molar-refractivity contribution < 1.29 is 14.7 Å². The van der Waals surface area contributed by atoms with E-state index in [1.807, 2.05) is 26.0 Å². The second kappa shape index (κ2) is 8.14. The molecular weight excluding hydrogens is 258 g/mol. The molecule has 110 valence electrons. The van der Waals surface area contributed by atoms with E-state index in [-0.39, 0.29) is 24.4 Å². The van der Waals surface area contributed by atoms with Crippen LogP contribution < -0.4 is 10.6 Å². The molecule has 0 aliphatic heterocycles. The maximum atomic E-state index is 11.7. The molecule has 20 heavy (non-hydrogen) atoms. The molecule has 0 bridgehead atoms. The van der Waals surface area contributed by atoms with Gasteiger partial charge in [0.2, 0.25) is 0 Å². The Labute approximate surface area is 118 Å². The average Bonchev–Trinajstić information content (AvgIpc) is 2.44. The maximum Gasteiger partial charge on any atom is 0.315 e. The molecule has 1 rings (SSSR count). The molecule has 6 heteroatoms. The Morgan fingerprint density at radius 1 is 1.35 bits per heavy atom. The van der Waals surface area contributed by atoms with E-state index in [2.05, 4.69) is 15.6 Å². The van der Waals surface area contributed by atoms with Crippen LogP contribution in [0.15, 0.2) is 24.5 Å². The van der Waals surface area contributed by atoms with Crippen molar-refractivity contribution in [3.63, 3.8) is 0 Å². The number of hydrogen-bond acceptors (Lipinski definition) is 3. The van der Waals surface area contributed by atoms with Crippen LogP contribution in [0.3, 0.4) is 0 Å². The van der Waals surface area contributed by atoms with Crippen molar-refractivity contribution in [2.24, 2.45) is 5.92 Å². The standard InChI is InChI=1S/C14H21N3O3/c1-3-11(8-13(18)19)9-16-14(20)17-10(2)12-4-6-15-7-5-12/h4-7,10-11H,3,8-9H2,1-2H3,(H,18,19)(H2,16,17,20). The number of carboxylic acid groups (broad SMARTS) is 1. The minimum Gasteiger partial charge on any atom is -0.481 e. The Morgan fingerprint density at radius 3 is 2.55 bits per heavy atom. The molecule has 1 aromatic heterocycles. The molecule has 0 radical (unpaired) electrons. The summed E-state index contributed by atoms with van der Waals surface area (Å²) in [6, 6.07) is 3.25. The number of amides is 2. The van der Waals surface area contributed by atoms with Crippen molar-refractivity contribution in [1.29, 1.82) is 0 Å². The number of rotatable bonds is 7. The zero-order valence-electron chi connectivity index (χ0n) is 11.8. The molecule has 0 saturated heterocycles. The molecule has 0 saturated carbocycles. The Morgan fingerprint density at radius 2 is 2.00 bits per heavy atom. The summed E-state index contributed by atoms with van der Waals surface area (Å²) in [5, 5.41) is 14.3. The summed E-state index contributed by atoms with van der Waals surface area (Å²) in [6.07, 6.45) is 4.12. The van der Waals surface area contributed by atoms with Crippen molar-refractivity contribution in [1.82, 2.24) is 15.6 Å². The number of pyridine rings is 1. The lowest BCUT2D eigenvalue weighted by molar-refractivity contribution is -0.138. The quantitative estimate of drug-likeness (QED) is 0.711. The fraction of sp³-hybridized carbons (Fsp3) is 0.500. The summed E-state index contributed by atoms with van der Waals surface area (Å²) in [6.45, 7) is 4.15. The third-order valence-electron chi connectivity index (χ3n) is 3.15. The fourth-order valence-electron chi connectivity index (χ4n) is 1.83. The van der Waals surface area contributed by atoms with Gasteiger partial charge >= 0.3 is 12.0 Å². The van der Waals surface area contributed by atoms with Gasteiger partial charge in [0.05, 0.1) is 6.04 Å². The summed E-state index contributed by atoms with van der Waals surface area (Å²) in [5.74, 6) is -0.890. The van der Waals surface area contributed by atoms with Crippen LogP contribution in [0.2, 0.25) is 0 Å². The van der Waals surface area contributed by atoms with Crippen LogP contribution in [0.5, 0.6) is 0 Å². The molecule has 6 nitrogen and oxygen atoms in total. The number of nitrogens with zero attached hydrogens (tertiary/aromatic N) is 1. The van der Waals surface area contributed by atoms with Crippen molar-refractivity contribution in [2.75, 3.05) is 6.54 Å². The van der Waals surface area contributed by atoms with E-state index in [9.17, 15) is 9.59 Å². The van der Waals surface area contributed by atoms with Gasteiger partial charge in [0, 0.05) is 25.4 Å². The number of carbonyl (C=O) groups excluding carboxylic acids is 1. The summed E-state index contributed by atoms with van der Waals surface area (Å²) in [4.78, 5) is 26.3. The van der Waals surface area contributed by atoms with E-state index in [4.69, 9.17) is 5.11 Å². The maximum absolute atomic E-state index is 11.7. The highest BCUT2D eigenvalue weighted by atomic mass is 16.4. The highest BCUT2D eigenvalue weighted by Crippen LogP contribution is 2.10. The minimum absolute atomic E-state index is 0.0468. The van der Waals surface area contributed by atoms with Gasteiger partial charge in [0.1, 0.15) is 0 Å². The topological polar surface area (TPSA) is 91.3 Å². The molecule has 2 atom stereocenters. The summed E-state index contributed by atoms with van der Waals surface area (Å²) in [5.41, 5.74) is 0.965. The van der Waals surface area contributed by atoms with Gasteiger partial charge in [0.15, 0.2) is 0 Å². The number of carboxylic acids is 1. The van der Waals surface area contributed by atoms with Crippen LogP contribution in [0.25, 0.3) is 0 Å². The predicted octanol–water partition coefficient (Wildman–Crippen LogP) is 1.94. The van der Waals surface area contributed by atoms with E-state index >= 15 is 0 Å². The van der Waals surface area contributed by atoms with Gasteiger partial charge in [-0.05, 0) is 30.5 Å². The van der Waals surface area contributed by atoms with Crippen LogP contribution in [0.4, 0.5) is 4.79 Å². The van der Waals surface area contributed by atoms with Crippen molar-refractivity contribution in [3.8, 4) is 0 Å². The first-order valence-corrected chi connectivity index (χ1v) is 6.69. The Bertz CT molecular complexity index is 437. The number of carbonyl (C=O) groups is 2. The molecule has 2 amide bonds. The highest BCUT2D eigenvalue weighted by Gasteiger charge is 2.14. The molecule has 0 spiro atoms. The van der Waals surface area contributed by atoms with E-state index < -0.39 is 5.97 Å². The van der Waals surface area contributed by atoms with Gasteiger partial charge in [-0.3, -0.25) is 9.78 Å². The lowest BCUT2D eigenvalue weighted by Gasteiger charge is -2.17. The molecule has 0 aliphatic rings. The third kappa shape index (κ3) is 5.69. The Balaban J connectivity index is 2.38. The van der Waals surface area contributed by atoms with Gasteiger partial charge < -0.3 is 15.7 Å². The van der Waals surface area contributed by atoms with E-state index in [0.717, 1.165) is 5.56 Å². The SMILES string of the molecule is CCC(CNC(=O)NC(C)c1ccncc1)CC(=O)O. The average molecular weight is 279 g/mol. The highest BCUT2D eigenvalue weighted by molar-refractivity contribution is 5.74. The minimum atomic E-state index is -0.843. The number of nitrogens with one attached hydrogen (secondary N) is 2. The lowest BCUT2D eigenvalue weighted by Crippen LogP contribution is -2.39. The summed E-state index contributed by atoms with van der Waals surface area (Å²) >= 11 is 0. The molecule has 0 aliphatic carbocycles. The van der Waals surface area contributed by atoms with Gasteiger partial charge in [0.25, 0.3) is 0 Å². The largest absolute Gasteiger partial charge is 0.481 e. The first-order chi connectivity index (χ1) is 9.52. The van der Waals surface area contributed by atoms with E-state index in [1.165, 1.54) is 0 Å². The molecule has 0 aromatic carbocycles. The van der Waals surface area contributed by atoms with Crippen LogP contribution in [0.1, 0.15) is 38.3 Å². The molecule has 3 N–H and O–H groups in total. The first-order valence-electron chi connectivity index (χ1n) is 6.69. The Hall–Kier alpha value is -2.11. The van der Waals surface area contributed by atoms with Gasteiger partial charge in [-0.1, -0.05) is 13.3 Å². The van der Waals surface area contributed by atoms with Crippen molar-refractivity contribution >= 4 is 12.0 Å². The van der Waals surface area contributed by atoms with Gasteiger partial charge in [-0.15, -0.1) is 0 Å². The van der Waals surface area contributed by atoms with Crippen LogP contribution in [-0.4, -0.2) is 28.6 Å². The molecule has 0 fully saturated rings. The zero-order valence-corrected chi connectivity index (χ0v) is 11.8. The van der Waals surface area contributed by atoms with Crippen LogP contribution >= 0.6 is 0 Å². The Kier molecular flexibility index (Phi) is 6.49. The number of aliphatic carboxylic acids is 1. The lowest BCUT2D eigenvalue weighted by atomic mass is 10.0. The zero-order chi connectivity index (χ0) is 15.0.